The molecule has 1 aromatic carbocycles. The van der Waals surface area contributed by atoms with Crippen molar-refractivity contribution in [3.8, 4) is 11.8 Å². The van der Waals surface area contributed by atoms with Crippen LogP contribution in [0.2, 0.25) is 0 Å². The number of benzene rings is 1. The minimum absolute atomic E-state index is 0.0849. The van der Waals surface area contributed by atoms with Crippen LogP contribution in [0.4, 0.5) is 5.69 Å². The number of nitrogens with zero attached hydrogens (tertiary/aromatic N) is 2. The fourth-order valence-electron chi connectivity index (χ4n) is 2.10. The zero-order valence-electron chi connectivity index (χ0n) is 11.0. The number of rotatable bonds is 4. The van der Waals surface area contributed by atoms with Crippen LogP contribution in [0.15, 0.2) is 18.2 Å². The summed E-state index contributed by atoms with van der Waals surface area (Å²) in [6.45, 7) is 4.24. The van der Waals surface area contributed by atoms with E-state index in [9.17, 15) is 4.79 Å². The molecule has 0 saturated heterocycles. The van der Waals surface area contributed by atoms with Crippen molar-refractivity contribution in [2.45, 2.75) is 13.3 Å². The van der Waals surface area contributed by atoms with Gasteiger partial charge in [-0.3, -0.25) is 4.79 Å². The second-order valence-corrected chi connectivity index (χ2v) is 4.25. The standard InChI is InChI=1S/C14H17N3O2/c1-2-17(9-4-7-15)14(18)11-5-3-6-12-13(11)19-10-8-16-12/h3,5-6,16H,2,4,8-10H2,1H3. The minimum Gasteiger partial charge on any atom is -0.489 e. The molecule has 0 bridgehead atoms. The third-order valence-corrected chi connectivity index (χ3v) is 3.07. The van der Waals surface area contributed by atoms with Crippen molar-refractivity contribution >= 4 is 11.6 Å². The highest BCUT2D eigenvalue weighted by Crippen LogP contribution is 2.31. The molecular formula is C14H17N3O2. The molecule has 5 nitrogen and oxygen atoms in total. The maximum atomic E-state index is 12.5. The first-order valence-corrected chi connectivity index (χ1v) is 6.43. The number of amides is 1. The molecule has 1 N–H and O–H groups in total. The Labute approximate surface area is 112 Å². The number of anilines is 1. The second-order valence-electron chi connectivity index (χ2n) is 4.25. The first-order chi connectivity index (χ1) is 9.27. The van der Waals surface area contributed by atoms with Gasteiger partial charge >= 0.3 is 0 Å². The normalized spacial score (nSPS) is 12.6. The maximum absolute atomic E-state index is 12.5. The number of carbonyl (C=O) groups excluding carboxylic acids is 1. The molecule has 0 atom stereocenters. The fraction of sp³-hybridized carbons (Fsp3) is 0.429. The summed E-state index contributed by atoms with van der Waals surface area (Å²) >= 11 is 0. The highest BCUT2D eigenvalue weighted by atomic mass is 16.5. The zero-order valence-corrected chi connectivity index (χ0v) is 11.0. The van der Waals surface area contributed by atoms with Crippen LogP contribution in [0.1, 0.15) is 23.7 Å². The van der Waals surface area contributed by atoms with Gasteiger partial charge < -0.3 is 15.0 Å². The average Bonchev–Trinajstić information content (AvgIpc) is 2.47. The summed E-state index contributed by atoms with van der Waals surface area (Å²) in [5, 5.41) is 11.8. The van der Waals surface area contributed by atoms with Gasteiger partial charge in [0.1, 0.15) is 6.61 Å². The quantitative estimate of drug-likeness (QED) is 0.896. The van der Waals surface area contributed by atoms with Gasteiger partial charge in [-0.15, -0.1) is 0 Å². The summed E-state index contributed by atoms with van der Waals surface area (Å²) in [5.41, 5.74) is 1.41. The van der Waals surface area contributed by atoms with E-state index >= 15 is 0 Å². The Balaban J connectivity index is 2.25. The van der Waals surface area contributed by atoms with Crippen LogP contribution in [0.25, 0.3) is 0 Å². The number of nitrogens with one attached hydrogen (secondary N) is 1. The second kappa shape index (κ2) is 6.10. The topological polar surface area (TPSA) is 65.4 Å². The summed E-state index contributed by atoms with van der Waals surface area (Å²) in [5.74, 6) is 0.535. The van der Waals surface area contributed by atoms with E-state index in [2.05, 4.69) is 11.4 Å². The van der Waals surface area contributed by atoms with Crippen molar-refractivity contribution in [2.75, 3.05) is 31.6 Å². The molecule has 0 radical (unpaired) electrons. The maximum Gasteiger partial charge on any atom is 0.257 e. The van der Waals surface area contributed by atoms with Crippen molar-refractivity contribution < 1.29 is 9.53 Å². The summed E-state index contributed by atoms with van der Waals surface area (Å²) in [7, 11) is 0. The lowest BCUT2D eigenvalue weighted by atomic mass is 10.1. The Morgan fingerprint density at radius 3 is 3.16 bits per heavy atom. The molecule has 0 spiro atoms. The summed E-state index contributed by atoms with van der Waals surface area (Å²) in [6.07, 6.45) is 0.341. The lowest BCUT2D eigenvalue weighted by molar-refractivity contribution is 0.0763. The average molecular weight is 259 g/mol. The van der Waals surface area contributed by atoms with E-state index in [0.717, 1.165) is 12.2 Å². The molecule has 19 heavy (non-hydrogen) atoms. The van der Waals surface area contributed by atoms with Gasteiger partial charge in [0.05, 0.1) is 23.7 Å². The van der Waals surface area contributed by atoms with Crippen LogP contribution in [0.3, 0.4) is 0 Å². The molecule has 5 heteroatoms. The van der Waals surface area contributed by atoms with E-state index in [-0.39, 0.29) is 5.91 Å². The molecule has 0 unspecified atom stereocenters. The number of ether oxygens (including phenoxy) is 1. The summed E-state index contributed by atoms with van der Waals surface area (Å²) < 4.78 is 5.60. The Morgan fingerprint density at radius 1 is 1.58 bits per heavy atom. The highest BCUT2D eigenvalue weighted by molar-refractivity contribution is 5.99. The summed E-state index contributed by atoms with van der Waals surface area (Å²) in [6, 6.07) is 7.57. The predicted molar refractivity (Wildman–Crippen MR) is 72.2 cm³/mol. The van der Waals surface area contributed by atoms with E-state index in [0.29, 0.717) is 37.4 Å². The van der Waals surface area contributed by atoms with Gasteiger partial charge in [-0.05, 0) is 19.1 Å². The van der Waals surface area contributed by atoms with E-state index in [4.69, 9.17) is 10.00 Å². The molecule has 1 aliphatic rings. The van der Waals surface area contributed by atoms with Crippen LogP contribution in [0, 0.1) is 11.3 Å². The molecule has 1 aliphatic heterocycles. The van der Waals surface area contributed by atoms with Crippen LogP contribution in [-0.4, -0.2) is 37.0 Å². The fourth-order valence-corrected chi connectivity index (χ4v) is 2.10. The lowest BCUT2D eigenvalue weighted by Crippen LogP contribution is -2.32. The zero-order chi connectivity index (χ0) is 13.7. The summed E-state index contributed by atoms with van der Waals surface area (Å²) in [4.78, 5) is 14.1. The van der Waals surface area contributed by atoms with Gasteiger partial charge in [0.25, 0.3) is 5.91 Å². The van der Waals surface area contributed by atoms with Gasteiger partial charge in [0, 0.05) is 19.6 Å². The number of fused-ring (bicyclic) bond motifs is 1. The Hall–Kier alpha value is -2.22. The first kappa shape index (κ1) is 13.2. The van der Waals surface area contributed by atoms with E-state index in [1.807, 2.05) is 19.1 Å². The number of hydrogen-bond acceptors (Lipinski definition) is 4. The minimum atomic E-state index is -0.0849. The first-order valence-electron chi connectivity index (χ1n) is 6.43. The van der Waals surface area contributed by atoms with Gasteiger partial charge in [0.2, 0.25) is 0 Å². The smallest absolute Gasteiger partial charge is 0.257 e. The number of para-hydroxylation sites is 1. The van der Waals surface area contributed by atoms with E-state index in [1.54, 1.807) is 11.0 Å². The number of nitriles is 1. The number of hydrogen-bond donors (Lipinski definition) is 1. The van der Waals surface area contributed by atoms with Crippen LogP contribution < -0.4 is 10.1 Å². The molecule has 1 amide bonds. The van der Waals surface area contributed by atoms with Crippen molar-refractivity contribution in [3.63, 3.8) is 0 Å². The molecule has 0 saturated carbocycles. The van der Waals surface area contributed by atoms with Crippen LogP contribution in [-0.2, 0) is 0 Å². The third kappa shape index (κ3) is 2.79. The molecule has 0 aliphatic carbocycles. The largest absolute Gasteiger partial charge is 0.489 e. The van der Waals surface area contributed by atoms with Crippen LogP contribution >= 0.6 is 0 Å². The SMILES string of the molecule is CCN(CCC#N)C(=O)c1cccc2c1OCCN2. The molecule has 0 fully saturated rings. The predicted octanol–water partition coefficient (Wildman–Crippen LogP) is 1.87. The monoisotopic (exact) mass is 259 g/mol. The van der Waals surface area contributed by atoms with Gasteiger partial charge in [-0.2, -0.15) is 5.26 Å². The van der Waals surface area contributed by atoms with Gasteiger partial charge in [0.15, 0.2) is 5.75 Å². The molecular weight excluding hydrogens is 242 g/mol. The Bertz CT molecular complexity index is 508. The molecule has 1 heterocycles. The van der Waals surface area contributed by atoms with E-state index in [1.165, 1.54) is 0 Å². The van der Waals surface area contributed by atoms with Crippen molar-refractivity contribution in [2.24, 2.45) is 0 Å². The third-order valence-electron chi connectivity index (χ3n) is 3.07. The van der Waals surface area contributed by atoms with Crippen molar-refractivity contribution in [1.82, 2.24) is 4.90 Å². The van der Waals surface area contributed by atoms with Gasteiger partial charge in [-0.25, -0.2) is 0 Å². The van der Waals surface area contributed by atoms with Crippen LogP contribution in [0.5, 0.6) is 5.75 Å². The van der Waals surface area contributed by atoms with Crippen molar-refractivity contribution in [1.29, 1.82) is 5.26 Å². The van der Waals surface area contributed by atoms with E-state index < -0.39 is 0 Å². The molecule has 2 rings (SSSR count). The van der Waals surface area contributed by atoms with Gasteiger partial charge in [-0.1, -0.05) is 6.07 Å². The lowest BCUT2D eigenvalue weighted by Gasteiger charge is -2.25. The Morgan fingerprint density at radius 2 is 2.42 bits per heavy atom. The Kier molecular flexibility index (Phi) is 4.24. The molecule has 0 aromatic heterocycles. The molecule has 100 valence electrons. The highest BCUT2D eigenvalue weighted by Gasteiger charge is 2.22. The van der Waals surface area contributed by atoms with Crippen molar-refractivity contribution in [3.05, 3.63) is 23.8 Å². The number of carbonyl (C=O) groups is 1. The molecule has 1 aromatic rings.